The van der Waals surface area contributed by atoms with E-state index in [0.717, 1.165) is 18.4 Å². The van der Waals surface area contributed by atoms with Crippen LogP contribution in [0.3, 0.4) is 0 Å². The van der Waals surface area contributed by atoms with E-state index in [-0.39, 0.29) is 54.1 Å². The number of carbonyl (C=O) groups excluding carboxylic acids is 1. The second-order valence-electron chi connectivity index (χ2n) is 16.2. The van der Waals surface area contributed by atoms with E-state index in [1.165, 1.54) is 0 Å². The fraction of sp³-hybridized carbons (Fsp3) is 0.912. The third-order valence-electron chi connectivity index (χ3n) is 14.3. The molecule has 0 radical (unpaired) electrons. The number of fused-ring (bicyclic) bond motifs is 4. The molecule has 0 aromatic carbocycles. The molecule has 3 heterocycles. The van der Waals surface area contributed by atoms with E-state index in [1.54, 1.807) is 0 Å². The summed E-state index contributed by atoms with van der Waals surface area (Å²) in [4.78, 5) is 12.7. The predicted octanol–water partition coefficient (Wildman–Crippen LogP) is -0.865. The van der Waals surface area contributed by atoms with Crippen molar-refractivity contribution in [2.45, 2.75) is 139 Å². The number of aliphatic hydroxyl groups excluding tert-OH is 8. The highest BCUT2D eigenvalue weighted by Crippen LogP contribution is 2.74. The number of epoxide rings is 1. The minimum atomic E-state index is -1.64. The Morgan fingerprint density at radius 1 is 0.979 bits per heavy atom. The number of cyclic esters (lactones) is 1. The van der Waals surface area contributed by atoms with Crippen LogP contribution in [-0.2, 0) is 23.7 Å². The van der Waals surface area contributed by atoms with Crippen LogP contribution in [0.4, 0.5) is 0 Å². The fourth-order valence-corrected chi connectivity index (χ4v) is 11.8. The van der Waals surface area contributed by atoms with Crippen molar-refractivity contribution in [1.29, 1.82) is 0 Å². The summed E-state index contributed by atoms with van der Waals surface area (Å²) in [5.74, 6) is -0.497. The molecule has 0 bridgehead atoms. The second-order valence-corrected chi connectivity index (χ2v) is 16.2. The SMILES string of the molecule is CC1=C(CO)C(=O)OC(C(C)C2C(O)CC3C4CC5OC56C(O)C(OC5OC(CO)C(O)C(O)C5O)CC(O)C6(C)C4CCC32C)C1. The molecule has 13 nitrogen and oxygen atoms in total. The van der Waals surface area contributed by atoms with Gasteiger partial charge in [0, 0.05) is 18.3 Å². The molecule has 6 fully saturated rings. The summed E-state index contributed by atoms with van der Waals surface area (Å²) in [6, 6.07) is 0. The average molecular weight is 669 g/mol. The minimum absolute atomic E-state index is 0.0109. The lowest BCUT2D eigenvalue weighted by Crippen LogP contribution is -2.70. The quantitative estimate of drug-likeness (QED) is 0.0982. The van der Waals surface area contributed by atoms with Gasteiger partial charge in [0.1, 0.15) is 42.2 Å². The Labute approximate surface area is 274 Å². The van der Waals surface area contributed by atoms with Gasteiger partial charge in [-0.05, 0) is 67.6 Å². The third-order valence-corrected chi connectivity index (χ3v) is 14.3. The zero-order valence-corrected chi connectivity index (χ0v) is 27.5. The van der Waals surface area contributed by atoms with Crippen molar-refractivity contribution in [1.82, 2.24) is 0 Å². The molecule has 7 aliphatic rings. The zero-order chi connectivity index (χ0) is 34.0. The number of esters is 1. The van der Waals surface area contributed by atoms with Crippen LogP contribution in [0.15, 0.2) is 11.1 Å². The normalized spacial score (nSPS) is 56.2. The molecule has 19 atom stereocenters. The van der Waals surface area contributed by atoms with Crippen LogP contribution in [-0.4, -0.2) is 133 Å². The molecule has 4 saturated carbocycles. The Balaban J connectivity index is 1.11. The molecule has 0 aromatic heterocycles. The first-order chi connectivity index (χ1) is 22.1. The van der Waals surface area contributed by atoms with E-state index in [2.05, 4.69) is 13.8 Å². The van der Waals surface area contributed by atoms with E-state index in [4.69, 9.17) is 18.9 Å². The maximum atomic E-state index is 12.7. The molecule has 19 unspecified atom stereocenters. The van der Waals surface area contributed by atoms with Crippen molar-refractivity contribution < 1.29 is 64.6 Å². The average Bonchev–Trinajstić information content (AvgIpc) is 3.70. The van der Waals surface area contributed by atoms with Gasteiger partial charge in [-0.15, -0.1) is 0 Å². The van der Waals surface area contributed by atoms with Crippen LogP contribution in [0.25, 0.3) is 0 Å². The smallest absolute Gasteiger partial charge is 0.336 e. The van der Waals surface area contributed by atoms with Gasteiger partial charge in [-0.2, -0.15) is 0 Å². The van der Waals surface area contributed by atoms with Crippen molar-refractivity contribution in [2.24, 2.45) is 40.4 Å². The van der Waals surface area contributed by atoms with E-state index in [0.29, 0.717) is 24.8 Å². The van der Waals surface area contributed by atoms with Crippen LogP contribution in [0.1, 0.15) is 66.2 Å². The number of hydrogen-bond donors (Lipinski definition) is 8. The lowest BCUT2D eigenvalue weighted by atomic mass is 9.43. The van der Waals surface area contributed by atoms with Crippen molar-refractivity contribution >= 4 is 5.97 Å². The Hall–Kier alpha value is -1.23. The zero-order valence-electron chi connectivity index (χ0n) is 27.5. The number of hydrogen-bond acceptors (Lipinski definition) is 13. The number of ether oxygens (including phenoxy) is 4. The number of carbonyl (C=O) groups is 1. The largest absolute Gasteiger partial charge is 0.458 e. The molecular weight excluding hydrogens is 616 g/mol. The second kappa shape index (κ2) is 11.7. The minimum Gasteiger partial charge on any atom is -0.458 e. The fourth-order valence-electron chi connectivity index (χ4n) is 11.8. The third kappa shape index (κ3) is 4.65. The van der Waals surface area contributed by atoms with E-state index < -0.39 is 84.8 Å². The first-order valence-electron chi connectivity index (χ1n) is 17.3. The van der Waals surface area contributed by atoms with Crippen molar-refractivity contribution in [3.8, 4) is 0 Å². The molecule has 13 heteroatoms. The molecule has 1 spiro atoms. The number of aliphatic hydroxyl groups is 8. The van der Waals surface area contributed by atoms with Crippen LogP contribution < -0.4 is 0 Å². The van der Waals surface area contributed by atoms with Gasteiger partial charge in [0.05, 0.1) is 43.2 Å². The monoisotopic (exact) mass is 668 g/mol. The topological polar surface area (TPSA) is 219 Å². The lowest BCUT2D eigenvalue weighted by Gasteiger charge is -2.62. The van der Waals surface area contributed by atoms with Crippen LogP contribution >= 0.6 is 0 Å². The first kappa shape index (κ1) is 34.2. The molecule has 0 aromatic rings. The number of rotatable bonds is 6. The van der Waals surface area contributed by atoms with Crippen LogP contribution in [0.5, 0.6) is 0 Å². The van der Waals surface area contributed by atoms with E-state index in [9.17, 15) is 45.6 Å². The van der Waals surface area contributed by atoms with Gasteiger partial charge in [-0.1, -0.05) is 26.3 Å². The predicted molar refractivity (Wildman–Crippen MR) is 161 cm³/mol. The summed E-state index contributed by atoms with van der Waals surface area (Å²) in [6.45, 7) is 7.17. The molecule has 4 aliphatic carbocycles. The standard InChI is InChI=1S/C34H52O13/c1-13-7-20(44-30(43)16(13)11-35)14(2)25-19(37)9-18-15-8-24-34(47-24)29(42)21(45-31-28(41)27(40)26(39)22(12-36)46-31)10-23(38)33(34,4)17(15)5-6-32(18,25)3/h14-15,17-29,31,35-42H,5-12H2,1-4H3. The first-order valence-corrected chi connectivity index (χ1v) is 17.3. The Bertz CT molecular complexity index is 1270. The maximum absolute atomic E-state index is 12.7. The van der Waals surface area contributed by atoms with Crippen LogP contribution in [0.2, 0.25) is 0 Å². The molecule has 266 valence electrons. The summed E-state index contributed by atoms with van der Waals surface area (Å²) >= 11 is 0. The summed E-state index contributed by atoms with van der Waals surface area (Å²) in [5, 5.41) is 85.6. The highest BCUT2D eigenvalue weighted by atomic mass is 16.7. The van der Waals surface area contributed by atoms with Gasteiger partial charge in [-0.25, -0.2) is 4.79 Å². The maximum Gasteiger partial charge on any atom is 0.336 e. The van der Waals surface area contributed by atoms with Crippen molar-refractivity contribution in [3.63, 3.8) is 0 Å². The van der Waals surface area contributed by atoms with Gasteiger partial charge in [0.15, 0.2) is 6.29 Å². The van der Waals surface area contributed by atoms with E-state index in [1.807, 2.05) is 13.8 Å². The molecule has 8 N–H and O–H groups in total. The molecule has 0 amide bonds. The van der Waals surface area contributed by atoms with Gasteiger partial charge >= 0.3 is 5.97 Å². The summed E-state index contributed by atoms with van der Waals surface area (Å²) in [5.41, 5.74) is -1.04. The molecular formula is C34H52O13. The van der Waals surface area contributed by atoms with Crippen molar-refractivity contribution in [2.75, 3.05) is 13.2 Å². The lowest BCUT2D eigenvalue weighted by molar-refractivity contribution is -0.330. The summed E-state index contributed by atoms with van der Waals surface area (Å²) in [6.07, 6.45) is -8.60. The van der Waals surface area contributed by atoms with Gasteiger partial charge in [0.2, 0.25) is 0 Å². The highest BCUT2D eigenvalue weighted by molar-refractivity contribution is 5.90. The molecule has 47 heavy (non-hydrogen) atoms. The summed E-state index contributed by atoms with van der Waals surface area (Å²) in [7, 11) is 0. The molecule has 3 aliphatic heterocycles. The Morgan fingerprint density at radius 3 is 2.36 bits per heavy atom. The molecule has 2 saturated heterocycles. The van der Waals surface area contributed by atoms with Gasteiger partial charge < -0.3 is 59.8 Å². The summed E-state index contributed by atoms with van der Waals surface area (Å²) < 4.78 is 23.8. The highest BCUT2D eigenvalue weighted by Gasteiger charge is 2.82. The van der Waals surface area contributed by atoms with Crippen LogP contribution in [0, 0.1) is 40.4 Å². The van der Waals surface area contributed by atoms with Gasteiger partial charge in [0.25, 0.3) is 0 Å². The Kier molecular flexibility index (Phi) is 8.49. The Morgan fingerprint density at radius 2 is 1.70 bits per heavy atom. The van der Waals surface area contributed by atoms with E-state index >= 15 is 0 Å². The molecule has 7 rings (SSSR count). The van der Waals surface area contributed by atoms with Gasteiger partial charge in [-0.3, -0.25) is 0 Å². The van der Waals surface area contributed by atoms with Crippen molar-refractivity contribution in [3.05, 3.63) is 11.1 Å².